The summed E-state index contributed by atoms with van der Waals surface area (Å²) in [6.07, 6.45) is 0.638. The molecule has 0 fully saturated rings. The van der Waals surface area contributed by atoms with Gasteiger partial charge >= 0.3 is 0 Å². The Morgan fingerprint density at radius 1 is 1.47 bits per heavy atom. The Hall–Kier alpha value is -1.01. The summed E-state index contributed by atoms with van der Waals surface area (Å²) >= 11 is 7.40. The molecule has 2 aromatic rings. The zero-order valence-corrected chi connectivity index (χ0v) is 12.3. The van der Waals surface area contributed by atoms with E-state index in [9.17, 15) is 4.39 Å². The highest BCUT2D eigenvalue weighted by atomic mass is 35.5. The average molecular weight is 300 g/mol. The van der Waals surface area contributed by atoms with Crippen LogP contribution in [0, 0.1) is 19.7 Å². The van der Waals surface area contributed by atoms with Crippen molar-refractivity contribution in [1.82, 2.24) is 10.4 Å². The highest BCUT2D eigenvalue weighted by molar-refractivity contribution is 7.11. The van der Waals surface area contributed by atoms with Gasteiger partial charge in [0.15, 0.2) is 0 Å². The number of rotatable bonds is 4. The molecule has 1 atom stereocenters. The zero-order valence-electron chi connectivity index (χ0n) is 10.7. The minimum absolute atomic E-state index is 0.0484. The maximum Gasteiger partial charge on any atom is 0.141 e. The Kier molecular flexibility index (Phi) is 4.52. The lowest BCUT2D eigenvalue weighted by Gasteiger charge is -2.15. The Balaban J connectivity index is 2.23. The van der Waals surface area contributed by atoms with E-state index in [0.717, 1.165) is 21.1 Å². The molecule has 3 nitrogen and oxygen atoms in total. The lowest BCUT2D eigenvalue weighted by Crippen LogP contribution is -2.29. The number of thiazole rings is 1. The SMILES string of the molecule is Cc1nc(C)c(C(Cc2ccc(F)c(Cl)c2)NN)s1. The second-order valence-electron chi connectivity index (χ2n) is 4.35. The van der Waals surface area contributed by atoms with Crippen molar-refractivity contribution >= 4 is 22.9 Å². The number of nitrogens with two attached hydrogens (primary N) is 1. The summed E-state index contributed by atoms with van der Waals surface area (Å²) in [5.74, 6) is 5.21. The Bertz CT molecular complexity index is 585. The first-order valence-electron chi connectivity index (χ1n) is 5.85. The van der Waals surface area contributed by atoms with Crippen molar-refractivity contribution in [1.29, 1.82) is 0 Å². The van der Waals surface area contributed by atoms with Crippen LogP contribution in [0.4, 0.5) is 4.39 Å². The first-order chi connectivity index (χ1) is 9.01. The second kappa shape index (κ2) is 5.96. The number of hydrogen-bond donors (Lipinski definition) is 2. The third-order valence-corrected chi connectivity index (χ3v) is 4.36. The highest BCUT2D eigenvalue weighted by Crippen LogP contribution is 2.28. The van der Waals surface area contributed by atoms with Gasteiger partial charge in [-0.15, -0.1) is 11.3 Å². The summed E-state index contributed by atoms with van der Waals surface area (Å²) in [5, 5.41) is 1.13. The molecule has 2 rings (SSSR count). The Morgan fingerprint density at radius 3 is 2.74 bits per heavy atom. The number of aromatic nitrogens is 1. The van der Waals surface area contributed by atoms with E-state index in [-0.39, 0.29) is 11.1 Å². The molecule has 1 aromatic carbocycles. The van der Waals surface area contributed by atoms with E-state index in [1.54, 1.807) is 23.5 Å². The van der Waals surface area contributed by atoms with E-state index in [0.29, 0.717) is 6.42 Å². The number of hydrazine groups is 1. The molecule has 0 radical (unpaired) electrons. The van der Waals surface area contributed by atoms with Gasteiger partial charge in [0.25, 0.3) is 0 Å². The van der Waals surface area contributed by atoms with Crippen LogP contribution < -0.4 is 11.3 Å². The lowest BCUT2D eigenvalue weighted by molar-refractivity contribution is 0.556. The van der Waals surface area contributed by atoms with Crippen LogP contribution in [0.5, 0.6) is 0 Å². The summed E-state index contributed by atoms with van der Waals surface area (Å²) in [6.45, 7) is 3.92. The van der Waals surface area contributed by atoms with Crippen LogP contribution in [0.2, 0.25) is 5.02 Å². The molecule has 0 aliphatic carbocycles. The summed E-state index contributed by atoms with van der Waals surface area (Å²) in [7, 11) is 0. The van der Waals surface area contributed by atoms with Crippen LogP contribution in [-0.2, 0) is 6.42 Å². The molecule has 0 bridgehead atoms. The van der Waals surface area contributed by atoms with Crippen LogP contribution in [0.15, 0.2) is 18.2 Å². The molecule has 3 N–H and O–H groups in total. The summed E-state index contributed by atoms with van der Waals surface area (Å²) in [4.78, 5) is 5.49. The predicted octanol–water partition coefficient (Wildman–Crippen LogP) is 3.30. The molecule has 19 heavy (non-hydrogen) atoms. The minimum Gasteiger partial charge on any atom is -0.271 e. The van der Waals surface area contributed by atoms with Crippen molar-refractivity contribution in [3.63, 3.8) is 0 Å². The smallest absolute Gasteiger partial charge is 0.141 e. The van der Waals surface area contributed by atoms with Crippen LogP contribution >= 0.6 is 22.9 Å². The molecular formula is C13H15ClFN3S. The number of hydrogen-bond acceptors (Lipinski definition) is 4. The van der Waals surface area contributed by atoms with Gasteiger partial charge in [-0.3, -0.25) is 11.3 Å². The molecule has 1 aromatic heterocycles. The predicted molar refractivity (Wildman–Crippen MR) is 76.8 cm³/mol. The first-order valence-corrected chi connectivity index (χ1v) is 7.04. The molecular weight excluding hydrogens is 285 g/mol. The molecule has 0 aliphatic heterocycles. The van der Waals surface area contributed by atoms with Crippen LogP contribution in [-0.4, -0.2) is 4.98 Å². The normalized spacial score (nSPS) is 12.7. The van der Waals surface area contributed by atoms with Gasteiger partial charge in [0, 0.05) is 4.88 Å². The molecule has 0 aliphatic rings. The fourth-order valence-electron chi connectivity index (χ4n) is 2.00. The Labute approximate surface area is 120 Å². The molecule has 1 unspecified atom stereocenters. The van der Waals surface area contributed by atoms with Crippen molar-refractivity contribution in [2.24, 2.45) is 5.84 Å². The van der Waals surface area contributed by atoms with E-state index < -0.39 is 5.82 Å². The van der Waals surface area contributed by atoms with Crippen LogP contribution in [0.3, 0.4) is 0 Å². The van der Waals surface area contributed by atoms with Crippen LogP contribution in [0.25, 0.3) is 0 Å². The topological polar surface area (TPSA) is 50.9 Å². The largest absolute Gasteiger partial charge is 0.271 e. The number of nitrogens with one attached hydrogen (secondary N) is 1. The summed E-state index contributed by atoms with van der Waals surface area (Å²) in [5.41, 5.74) is 4.69. The molecule has 1 heterocycles. The van der Waals surface area contributed by atoms with Gasteiger partial charge in [-0.05, 0) is 38.0 Å². The zero-order chi connectivity index (χ0) is 14.0. The van der Waals surface area contributed by atoms with E-state index in [1.807, 2.05) is 13.8 Å². The number of benzene rings is 1. The van der Waals surface area contributed by atoms with Gasteiger partial charge in [0.2, 0.25) is 0 Å². The first kappa shape index (κ1) is 14.4. The average Bonchev–Trinajstić information content (AvgIpc) is 2.70. The fraction of sp³-hybridized carbons (Fsp3) is 0.308. The second-order valence-corrected chi connectivity index (χ2v) is 6.00. The number of halogens is 2. The maximum absolute atomic E-state index is 13.1. The third-order valence-electron chi connectivity index (χ3n) is 2.88. The van der Waals surface area contributed by atoms with Gasteiger partial charge in [0.05, 0.1) is 21.8 Å². The van der Waals surface area contributed by atoms with Crippen molar-refractivity contribution < 1.29 is 4.39 Å². The quantitative estimate of drug-likeness (QED) is 0.673. The minimum atomic E-state index is -0.410. The van der Waals surface area contributed by atoms with E-state index in [1.165, 1.54) is 6.07 Å². The lowest BCUT2D eigenvalue weighted by atomic mass is 10.0. The summed E-state index contributed by atoms with van der Waals surface area (Å²) < 4.78 is 13.1. The maximum atomic E-state index is 13.1. The third kappa shape index (κ3) is 3.30. The molecule has 0 spiro atoms. The number of nitrogens with zero attached hydrogens (tertiary/aromatic N) is 1. The highest BCUT2D eigenvalue weighted by Gasteiger charge is 2.17. The van der Waals surface area contributed by atoms with Gasteiger partial charge in [-0.1, -0.05) is 17.7 Å². The molecule has 0 saturated carbocycles. The molecule has 6 heteroatoms. The van der Waals surface area contributed by atoms with Gasteiger partial charge < -0.3 is 0 Å². The summed E-state index contributed by atoms with van der Waals surface area (Å²) in [6, 6.07) is 4.67. The molecule has 0 amide bonds. The van der Waals surface area contributed by atoms with Crippen molar-refractivity contribution in [3.05, 3.63) is 50.2 Å². The Morgan fingerprint density at radius 2 is 2.21 bits per heavy atom. The number of aryl methyl sites for hydroxylation is 2. The van der Waals surface area contributed by atoms with Crippen LogP contribution in [0.1, 0.15) is 27.2 Å². The fourth-order valence-corrected chi connectivity index (χ4v) is 3.19. The van der Waals surface area contributed by atoms with E-state index in [4.69, 9.17) is 17.4 Å². The molecule has 0 saturated heterocycles. The van der Waals surface area contributed by atoms with Crippen molar-refractivity contribution in [2.75, 3.05) is 0 Å². The molecule has 102 valence electrons. The van der Waals surface area contributed by atoms with Gasteiger partial charge in [-0.25, -0.2) is 9.37 Å². The van der Waals surface area contributed by atoms with Gasteiger partial charge in [0.1, 0.15) is 5.82 Å². The standard InChI is InChI=1S/C13H15ClFN3S/c1-7-13(19-8(2)17-7)12(18-16)6-9-3-4-11(15)10(14)5-9/h3-5,12,18H,6,16H2,1-2H3. The monoisotopic (exact) mass is 299 g/mol. The van der Waals surface area contributed by atoms with Crippen molar-refractivity contribution in [3.8, 4) is 0 Å². The van der Waals surface area contributed by atoms with Gasteiger partial charge in [-0.2, -0.15) is 0 Å². The van der Waals surface area contributed by atoms with E-state index >= 15 is 0 Å². The van der Waals surface area contributed by atoms with E-state index in [2.05, 4.69) is 10.4 Å². The van der Waals surface area contributed by atoms with Crippen molar-refractivity contribution in [2.45, 2.75) is 26.3 Å².